The molecule has 4 nitrogen and oxygen atoms in total. The average molecular weight is 304 g/mol. The van der Waals surface area contributed by atoms with Crippen molar-refractivity contribution in [2.45, 2.75) is 6.92 Å². The second-order valence-electron chi connectivity index (χ2n) is 4.21. The fourth-order valence-electron chi connectivity index (χ4n) is 1.62. The van der Waals surface area contributed by atoms with E-state index in [1.165, 1.54) is 42.5 Å². The molecule has 0 saturated heterocycles. The minimum atomic E-state index is -0.558. The first-order valence-electron chi connectivity index (χ1n) is 6.14. The number of hydrogen-bond donors (Lipinski definition) is 2. The highest BCUT2D eigenvalue weighted by molar-refractivity contribution is 7.10. The predicted molar refractivity (Wildman–Crippen MR) is 82.7 cm³/mol. The molecule has 0 saturated carbocycles. The van der Waals surface area contributed by atoms with E-state index in [1.807, 2.05) is 17.5 Å². The highest BCUT2D eigenvalue weighted by Gasteiger charge is 2.06. The van der Waals surface area contributed by atoms with Gasteiger partial charge < -0.3 is 10.6 Å². The Hall–Kier alpha value is -2.47. The molecular weight excluding hydrogens is 291 g/mol. The SMILES string of the molecule is CC(=O)Nc1cc(NC(=O)/C=C/c2cccs2)ccc1F. The fraction of sp³-hybridized carbons (Fsp3) is 0.0667. The lowest BCUT2D eigenvalue weighted by Crippen LogP contribution is -2.10. The van der Waals surface area contributed by atoms with E-state index in [4.69, 9.17) is 0 Å². The number of anilines is 2. The minimum Gasteiger partial charge on any atom is -0.324 e. The van der Waals surface area contributed by atoms with Crippen LogP contribution >= 0.6 is 11.3 Å². The van der Waals surface area contributed by atoms with Gasteiger partial charge in [-0.3, -0.25) is 9.59 Å². The van der Waals surface area contributed by atoms with Crippen LogP contribution in [-0.4, -0.2) is 11.8 Å². The molecule has 0 bridgehead atoms. The highest BCUT2D eigenvalue weighted by atomic mass is 32.1. The van der Waals surface area contributed by atoms with Gasteiger partial charge in [-0.1, -0.05) is 6.07 Å². The predicted octanol–water partition coefficient (Wildman–Crippen LogP) is 3.50. The van der Waals surface area contributed by atoms with E-state index in [0.717, 1.165) is 4.88 Å². The van der Waals surface area contributed by atoms with Gasteiger partial charge in [0.25, 0.3) is 0 Å². The third-order valence-electron chi connectivity index (χ3n) is 2.49. The van der Waals surface area contributed by atoms with E-state index in [-0.39, 0.29) is 17.5 Å². The Morgan fingerprint density at radius 1 is 1.24 bits per heavy atom. The first-order chi connectivity index (χ1) is 10.0. The zero-order valence-electron chi connectivity index (χ0n) is 11.2. The molecule has 2 amide bonds. The van der Waals surface area contributed by atoms with Crippen LogP contribution in [0.25, 0.3) is 6.08 Å². The van der Waals surface area contributed by atoms with Gasteiger partial charge in [-0.05, 0) is 35.7 Å². The normalized spacial score (nSPS) is 10.6. The van der Waals surface area contributed by atoms with Crippen molar-refractivity contribution in [2.24, 2.45) is 0 Å². The summed E-state index contributed by atoms with van der Waals surface area (Å²) in [4.78, 5) is 23.7. The first kappa shape index (κ1) is 14.9. The van der Waals surface area contributed by atoms with E-state index in [1.54, 1.807) is 6.08 Å². The van der Waals surface area contributed by atoms with Crippen LogP contribution in [0.5, 0.6) is 0 Å². The molecule has 0 atom stereocenters. The van der Waals surface area contributed by atoms with Crippen molar-refractivity contribution in [1.82, 2.24) is 0 Å². The van der Waals surface area contributed by atoms with Gasteiger partial charge in [-0.25, -0.2) is 4.39 Å². The highest BCUT2D eigenvalue weighted by Crippen LogP contribution is 2.19. The van der Waals surface area contributed by atoms with Gasteiger partial charge in [-0.2, -0.15) is 0 Å². The number of rotatable bonds is 4. The van der Waals surface area contributed by atoms with Gasteiger partial charge in [0.1, 0.15) is 5.82 Å². The second-order valence-corrected chi connectivity index (χ2v) is 5.19. The Labute approximate surface area is 125 Å². The molecule has 108 valence electrons. The minimum absolute atomic E-state index is 0.0301. The van der Waals surface area contributed by atoms with Crippen molar-refractivity contribution in [3.8, 4) is 0 Å². The van der Waals surface area contributed by atoms with Crippen molar-refractivity contribution >= 4 is 40.6 Å². The summed E-state index contributed by atoms with van der Waals surface area (Å²) >= 11 is 1.52. The summed E-state index contributed by atoms with van der Waals surface area (Å²) in [5.41, 5.74) is 0.434. The number of nitrogens with one attached hydrogen (secondary N) is 2. The van der Waals surface area contributed by atoms with E-state index < -0.39 is 5.82 Å². The van der Waals surface area contributed by atoms with Gasteiger partial charge in [0.05, 0.1) is 5.69 Å². The average Bonchev–Trinajstić information content (AvgIpc) is 2.93. The molecule has 2 aromatic rings. The van der Waals surface area contributed by atoms with Crippen LogP contribution in [0.1, 0.15) is 11.8 Å². The summed E-state index contributed by atoms with van der Waals surface area (Å²) in [6.45, 7) is 1.29. The molecule has 0 radical (unpaired) electrons. The Morgan fingerprint density at radius 3 is 2.71 bits per heavy atom. The molecule has 0 aliphatic carbocycles. The van der Waals surface area contributed by atoms with Crippen LogP contribution in [0.4, 0.5) is 15.8 Å². The molecule has 0 fully saturated rings. The number of halogens is 1. The van der Waals surface area contributed by atoms with Gasteiger partial charge in [0, 0.05) is 23.6 Å². The summed E-state index contributed by atoms with van der Waals surface area (Å²) in [7, 11) is 0. The Kier molecular flexibility index (Phi) is 4.84. The number of amides is 2. The number of carbonyl (C=O) groups excluding carboxylic acids is 2. The molecule has 21 heavy (non-hydrogen) atoms. The fourth-order valence-corrected chi connectivity index (χ4v) is 2.23. The molecule has 2 N–H and O–H groups in total. The molecule has 0 spiro atoms. The van der Waals surface area contributed by atoms with Crippen molar-refractivity contribution < 1.29 is 14.0 Å². The van der Waals surface area contributed by atoms with Crippen LogP contribution in [0.3, 0.4) is 0 Å². The van der Waals surface area contributed by atoms with E-state index >= 15 is 0 Å². The van der Waals surface area contributed by atoms with Crippen molar-refractivity contribution in [3.05, 3.63) is 52.5 Å². The maximum atomic E-state index is 13.5. The van der Waals surface area contributed by atoms with Gasteiger partial charge >= 0.3 is 0 Å². The molecular formula is C15H13FN2O2S. The monoisotopic (exact) mass is 304 g/mol. The van der Waals surface area contributed by atoms with E-state index in [9.17, 15) is 14.0 Å². The topological polar surface area (TPSA) is 58.2 Å². The molecule has 0 unspecified atom stereocenters. The number of benzene rings is 1. The van der Waals surface area contributed by atoms with Crippen molar-refractivity contribution in [1.29, 1.82) is 0 Å². The molecule has 1 heterocycles. The van der Waals surface area contributed by atoms with Gasteiger partial charge in [0.2, 0.25) is 11.8 Å². The Balaban J connectivity index is 2.05. The van der Waals surface area contributed by atoms with E-state index in [0.29, 0.717) is 5.69 Å². The summed E-state index contributed by atoms with van der Waals surface area (Å²) in [6, 6.07) is 7.76. The van der Waals surface area contributed by atoms with Crippen molar-refractivity contribution in [2.75, 3.05) is 10.6 Å². The summed E-state index contributed by atoms with van der Waals surface area (Å²) in [6.07, 6.45) is 3.09. The standard InChI is InChI=1S/C15H13FN2O2S/c1-10(19)17-14-9-11(4-6-13(14)16)18-15(20)7-5-12-3-2-8-21-12/h2-9H,1H3,(H,17,19)(H,18,20)/b7-5+. The summed E-state index contributed by atoms with van der Waals surface area (Å²) < 4.78 is 13.5. The number of hydrogen-bond acceptors (Lipinski definition) is 3. The van der Waals surface area contributed by atoms with Crippen LogP contribution in [-0.2, 0) is 9.59 Å². The lowest BCUT2D eigenvalue weighted by molar-refractivity contribution is -0.114. The molecule has 0 aliphatic rings. The third-order valence-corrected chi connectivity index (χ3v) is 3.32. The zero-order chi connectivity index (χ0) is 15.2. The molecule has 2 rings (SSSR count). The largest absolute Gasteiger partial charge is 0.324 e. The second kappa shape index (κ2) is 6.81. The molecule has 0 aliphatic heterocycles. The summed E-state index contributed by atoms with van der Waals surface area (Å²) in [5, 5.41) is 6.88. The lowest BCUT2D eigenvalue weighted by Gasteiger charge is -2.07. The van der Waals surface area contributed by atoms with Crippen LogP contribution in [0.2, 0.25) is 0 Å². The molecule has 1 aromatic carbocycles. The summed E-state index contributed by atoms with van der Waals surface area (Å²) in [5.74, 6) is -1.27. The Bertz CT molecular complexity index is 681. The lowest BCUT2D eigenvalue weighted by atomic mass is 10.2. The maximum absolute atomic E-state index is 13.5. The Morgan fingerprint density at radius 2 is 2.05 bits per heavy atom. The molecule has 1 aromatic heterocycles. The zero-order valence-corrected chi connectivity index (χ0v) is 12.0. The van der Waals surface area contributed by atoms with Crippen LogP contribution in [0, 0.1) is 5.82 Å². The van der Waals surface area contributed by atoms with E-state index in [2.05, 4.69) is 10.6 Å². The van der Waals surface area contributed by atoms with Gasteiger partial charge in [-0.15, -0.1) is 11.3 Å². The number of carbonyl (C=O) groups is 2. The third kappa shape index (κ3) is 4.54. The van der Waals surface area contributed by atoms with Crippen LogP contribution in [0.15, 0.2) is 41.8 Å². The van der Waals surface area contributed by atoms with Crippen LogP contribution < -0.4 is 10.6 Å². The maximum Gasteiger partial charge on any atom is 0.248 e. The smallest absolute Gasteiger partial charge is 0.248 e. The molecule has 6 heteroatoms. The van der Waals surface area contributed by atoms with Gasteiger partial charge in [0.15, 0.2) is 0 Å². The van der Waals surface area contributed by atoms with Crippen molar-refractivity contribution in [3.63, 3.8) is 0 Å². The number of thiophene rings is 1. The first-order valence-corrected chi connectivity index (χ1v) is 7.02. The quantitative estimate of drug-likeness (QED) is 0.849.